The van der Waals surface area contributed by atoms with Crippen LogP contribution in [0.25, 0.3) is 0 Å². The minimum absolute atomic E-state index is 0.0862. The van der Waals surface area contributed by atoms with Crippen molar-refractivity contribution in [2.45, 2.75) is 6.54 Å². The van der Waals surface area contributed by atoms with Crippen molar-refractivity contribution in [3.63, 3.8) is 0 Å². The van der Waals surface area contributed by atoms with Gasteiger partial charge in [0.15, 0.2) is 11.5 Å². The Kier molecular flexibility index (Phi) is 5.44. The first-order valence-corrected chi connectivity index (χ1v) is 8.48. The van der Waals surface area contributed by atoms with Gasteiger partial charge in [-0.05, 0) is 23.8 Å². The summed E-state index contributed by atoms with van der Waals surface area (Å²) in [5, 5.41) is 13.7. The largest absolute Gasteiger partial charge is 0.493 e. The zero-order valence-electron chi connectivity index (χ0n) is 15.6. The van der Waals surface area contributed by atoms with Crippen molar-refractivity contribution in [3.8, 4) is 11.5 Å². The predicted molar refractivity (Wildman–Crippen MR) is 99.9 cm³/mol. The lowest BCUT2D eigenvalue weighted by Gasteiger charge is -2.14. The second-order valence-electron chi connectivity index (χ2n) is 6.12. The highest BCUT2D eigenvalue weighted by Crippen LogP contribution is 2.30. The molecule has 29 heavy (non-hydrogen) atoms. The van der Waals surface area contributed by atoms with Crippen molar-refractivity contribution in [2.24, 2.45) is 0 Å². The van der Waals surface area contributed by atoms with Crippen LogP contribution in [0.5, 0.6) is 11.5 Å². The number of amides is 3. The van der Waals surface area contributed by atoms with Crippen molar-refractivity contribution < 1.29 is 28.8 Å². The topological polar surface area (TPSA) is 128 Å². The summed E-state index contributed by atoms with van der Waals surface area (Å²) in [5.41, 5.74) is -0.129. The van der Waals surface area contributed by atoms with E-state index in [0.717, 1.165) is 6.07 Å². The molecular weight excluding hydrogens is 382 g/mol. The molecule has 10 heteroatoms. The smallest absolute Gasteiger partial charge is 0.282 e. The number of hydrogen-bond donors (Lipinski definition) is 1. The van der Waals surface area contributed by atoms with E-state index in [4.69, 9.17) is 9.47 Å². The van der Waals surface area contributed by atoms with Crippen LogP contribution < -0.4 is 14.8 Å². The molecule has 1 N–H and O–H groups in total. The van der Waals surface area contributed by atoms with Crippen LogP contribution in [-0.4, -0.2) is 48.3 Å². The number of hydrogen-bond acceptors (Lipinski definition) is 7. The lowest BCUT2D eigenvalue weighted by molar-refractivity contribution is -0.385. The number of nitro groups is 1. The van der Waals surface area contributed by atoms with Gasteiger partial charge in [-0.25, -0.2) is 0 Å². The number of methoxy groups -OCH3 is 2. The lowest BCUT2D eigenvalue weighted by Crippen LogP contribution is -2.40. The van der Waals surface area contributed by atoms with Gasteiger partial charge in [0.25, 0.3) is 17.5 Å². The number of rotatable bonds is 7. The second-order valence-corrected chi connectivity index (χ2v) is 6.12. The Hall–Kier alpha value is -3.95. The van der Waals surface area contributed by atoms with Crippen LogP contribution in [0.4, 0.5) is 5.69 Å². The van der Waals surface area contributed by atoms with Crippen LogP contribution in [0, 0.1) is 10.1 Å². The Morgan fingerprint density at radius 2 is 1.83 bits per heavy atom. The Bertz CT molecular complexity index is 1020. The van der Waals surface area contributed by atoms with Gasteiger partial charge in [0.2, 0.25) is 5.91 Å². The molecule has 0 spiro atoms. The third-order valence-corrected chi connectivity index (χ3v) is 4.41. The third-order valence-electron chi connectivity index (χ3n) is 4.41. The molecule has 1 aliphatic heterocycles. The number of imide groups is 1. The number of benzene rings is 2. The van der Waals surface area contributed by atoms with Gasteiger partial charge in [-0.3, -0.25) is 29.4 Å². The normalized spacial score (nSPS) is 12.6. The number of nitrogens with zero attached hydrogens (tertiary/aromatic N) is 2. The van der Waals surface area contributed by atoms with Gasteiger partial charge in [-0.1, -0.05) is 12.1 Å². The number of nitrogens with one attached hydrogen (secondary N) is 1. The summed E-state index contributed by atoms with van der Waals surface area (Å²) < 4.78 is 10.3. The maximum atomic E-state index is 12.5. The van der Waals surface area contributed by atoms with E-state index in [9.17, 15) is 24.5 Å². The van der Waals surface area contributed by atoms with Crippen LogP contribution >= 0.6 is 0 Å². The first kappa shape index (κ1) is 19.8. The van der Waals surface area contributed by atoms with Crippen molar-refractivity contribution in [3.05, 3.63) is 63.2 Å². The molecule has 0 radical (unpaired) electrons. The zero-order valence-corrected chi connectivity index (χ0v) is 15.6. The highest BCUT2D eigenvalue weighted by Gasteiger charge is 2.41. The van der Waals surface area contributed by atoms with E-state index in [2.05, 4.69) is 5.32 Å². The van der Waals surface area contributed by atoms with Crippen LogP contribution in [0.15, 0.2) is 36.4 Å². The summed E-state index contributed by atoms with van der Waals surface area (Å²) in [5.74, 6) is -1.16. The predicted octanol–water partition coefficient (Wildman–Crippen LogP) is 1.52. The zero-order chi connectivity index (χ0) is 21.1. The average molecular weight is 399 g/mol. The minimum atomic E-state index is -0.862. The standard InChI is InChI=1S/C19H17N3O7/c1-28-14-7-6-11(8-15(14)29-2)9-20-16(23)10-21-18(24)12-4-3-5-13(22(26)27)17(12)19(21)25/h3-8H,9-10H2,1-2H3,(H,20,23). The lowest BCUT2D eigenvalue weighted by atomic mass is 10.1. The van der Waals surface area contributed by atoms with E-state index >= 15 is 0 Å². The first-order chi connectivity index (χ1) is 13.9. The van der Waals surface area contributed by atoms with Crippen LogP contribution in [0.1, 0.15) is 26.3 Å². The number of carbonyl (C=O) groups is 3. The number of carbonyl (C=O) groups excluding carboxylic acids is 3. The van der Waals surface area contributed by atoms with Gasteiger partial charge in [0, 0.05) is 12.6 Å². The van der Waals surface area contributed by atoms with E-state index in [1.807, 2.05) is 0 Å². The molecule has 2 aromatic rings. The Morgan fingerprint density at radius 3 is 2.48 bits per heavy atom. The van der Waals surface area contributed by atoms with Crippen molar-refractivity contribution >= 4 is 23.4 Å². The van der Waals surface area contributed by atoms with Crippen molar-refractivity contribution in [1.82, 2.24) is 10.2 Å². The minimum Gasteiger partial charge on any atom is -0.493 e. The highest BCUT2D eigenvalue weighted by atomic mass is 16.6. The van der Waals surface area contributed by atoms with Gasteiger partial charge in [-0.15, -0.1) is 0 Å². The summed E-state index contributed by atoms with van der Waals surface area (Å²) in [4.78, 5) is 48.3. The Morgan fingerprint density at radius 1 is 1.10 bits per heavy atom. The van der Waals surface area contributed by atoms with E-state index in [-0.39, 0.29) is 17.7 Å². The molecule has 0 unspecified atom stereocenters. The Labute approximate surface area is 165 Å². The van der Waals surface area contributed by atoms with Crippen LogP contribution in [-0.2, 0) is 11.3 Å². The maximum Gasteiger partial charge on any atom is 0.282 e. The first-order valence-electron chi connectivity index (χ1n) is 8.48. The molecule has 1 heterocycles. The van der Waals surface area contributed by atoms with Crippen molar-refractivity contribution in [1.29, 1.82) is 0 Å². The van der Waals surface area contributed by atoms with E-state index < -0.39 is 34.9 Å². The molecule has 0 atom stereocenters. The third kappa shape index (κ3) is 3.72. The molecule has 1 aliphatic rings. The summed E-state index contributed by atoms with van der Waals surface area (Å²) >= 11 is 0. The van der Waals surface area contributed by atoms with Gasteiger partial charge in [0.1, 0.15) is 12.1 Å². The Balaban J connectivity index is 1.69. The second kappa shape index (κ2) is 7.97. The number of fused-ring (bicyclic) bond motifs is 1. The molecule has 150 valence electrons. The summed E-state index contributed by atoms with van der Waals surface area (Å²) in [7, 11) is 2.99. The SMILES string of the molecule is COc1ccc(CNC(=O)CN2C(=O)c3cccc([N+](=O)[O-])c3C2=O)cc1OC. The summed E-state index contributed by atoms with van der Waals surface area (Å²) in [6.45, 7) is -0.417. The summed E-state index contributed by atoms with van der Waals surface area (Å²) in [6, 6.07) is 8.89. The maximum absolute atomic E-state index is 12.5. The molecule has 2 aromatic carbocycles. The fourth-order valence-corrected chi connectivity index (χ4v) is 3.00. The van der Waals surface area contributed by atoms with E-state index in [1.54, 1.807) is 18.2 Å². The van der Waals surface area contributed by atoms with Crippen molar-refractivity contribution in [2.75, 3.05) is 20.8 Å². The van der Waals surface area contributed by atoms with Crippen LogP contribution in [0.2, 0.25) is 0 Å². The number of nitro benzene ring substituents is 1. The average Bonchev–Trinajstić information content (AvgIpc) is 2.96. The molecule has 0 saturated carbocycles. The molecule has 0 bridgehead atoms. The van der Waals surface area contributed by atoms with E-state index in [1.165, 1.54) is 26.4 Å². The van der Waals surface area contributed by atoms with Gasteiger partial charge >= 0.3 is 0 Å². The molecule has 0 aliphatic carbocycles. The van der Waals surface area contributed by atoms with Gasteiger partial charge in [0.05, 0.1) is 24.7 Å². The molecule has 10 nitrogen and oxygen atoms in total. The number of ether oxygens (including phenoxy) is 2. The molecule has 0 saturated heterocycles. The highest BCUT2D eigenvalue weighted by molar-refractivity contribution is 6.24. The molecule has 3 rings (SSSR count). The fourth-order valence-electron chi connectivity index (χ4n) is 3.00. The van der Waals surface area contributed by atoms with Crippen LogP contribution in [0.3, 0.4) is 0 Å². The molecular formula is C19H17N3O7. The molecule has 0 fully saturated rings. The van der Waals surface area contributed by atoms with E-state index in [0.29, 0.717) is 22.0 Å². The van der Waals surface area contributed by atoms with Gasteiger partial charge in [-0.2, -0.15) is 0 Å². The monoisotopic (exact) mass is 399 g/mol. The quantitative estimate of drug-likeness (QED) is 0.425. The summed E-state index contributed by atoms with van der Waals surface area (Å²) in [6.07, 6.45) is 0. The fraction of sp³-hybridized carbons (Fsp3) is 0.211. The van der Waals surface area contributed by atoms with Gasteiger partial charge < -0.3 is 14.8 Å². The molecule has 3 amide bonds. The molecule has 0 aromatic heterocycles.